The van der Waals surface area contributed by atoms with Crippen molar-refractivity contribution in [3.63, 3.8) is 0 Å². The van der Waals surface area contributed by atoms with Crippen LogP contribution in [-0.4, -0.2) is 0 Å². The van der Waals surface area contributed by atoms with Gasteiger partial charge in [-0.3, -0.25) is 0 Å². The molecule has 0 N–H and O–H groups in total. The Morgan fingerprint density at radius 1 is 0.250 bits per heavy atom. The van der Waals surface area contributed by atoms with E-state index in [0.717, 1.165) is 0 Å². The van der Waals surface area contributed by atoms with E-state index in [9.17, 15) is 0 Å². The van der Waals surface area contributed by atoms with E-state index < -0.39 is 0 Å². The second-order valence-corrected chi connectivity index (χ2v) is 18.6. The molecule has 0 amide bonds. The number of hydrogen-bond acceptors (Lipinski definition) is 0. The predicted molar refractivity (Wildman–Crippen MR) is 222 cm³/mol. The molecule has 0 spiro atoms. The molecule has 0 aromatic heterocycles. The summed E-state index contributed by atoms with van der Waals surface area (Å²) in [4.78, 5) is 0. The lowest BCUT2D eigenvalue weighted by atomic mass is 9.72. The summed E-state index contributed by atoms with van der Waals surface area (Å²) in [5, 5.41) is 0. The SMILES string of the molecule is Cc1ccc2c(c1)C(C)(C)c1c-2ccc2c1C(C)(C)c1cc(C)ccc1-2.Cc1ccc2c(c1)C(C)(C)c1cc3c(cc1-2)C(C)(C)c1cc(C)ccc1-3. The van der Waals surface area contributed by atoms with Crippen LogP contribution in [0.25, 0.3) is 44.5 Å². The van der Waals surface area contributed by atoms with Gasteiger partial charge in [0.05, 0.1) is 0 Å². The first-order valence-electron chi connectivity index (χ1n) is 19.3. The fraction of sp³-hybridized carbons (Fsp3) is 0.308. The summed E-state index contributed by atoms with van der Waals surface area (Å²) in [6.07, 6.45) is 0. The Morgan fingerprint density at radius 2 is 0.481 bits per heavy atom. The molecule has 0 fully saturated rings. The number of fused-ring (bicyclic) bond motifs is 13. The predicted octanol–water partition coefficient (Wildman–Crippen LogP) is 13.8. The molecule has 0 atom stereocenters. The van der Waals surface area contributed by atoms with Gasteiger partial charge in [-0.05, 0) is 129 Å². The average Bonchev–Trinajstić information content (AvgIpc) is 3.64. The van der Waals surface area contributed by atoms with Crippen LogP contribution in [0.1, 0.15) is 122 Å². The molecule has 0 saturated heterocycles. The highest BCUT2D eigenvalue weighted by Crippen LogP contribution is 2.59. The van der Waals surface area contributed by atoms with Gasteiger partial charge in [-0.2, -0.15) is 0 Å². The molecule has 4 aliphatic carbocycles. The summed E-state index contributed by atoms with van der Waals surface area (Å²) in [6.45, 7) is 27.9. The quantitative estimate of drug-likeness (QED) is 0.150. The molecule has 0 saturated carbocycles. The van der Waals surface area contributed by atoms with E-state index in [-0.39, 0.29) is 21.7 Å². The lowest BCUT2D eigenvalue weighted by molar-refractivity contribution is 0.600. The highest BCUT2D eigenvalue weighted by molar-refractivity contribution is 5.92. The Morgan fingerprint density at radius 3 is 0.788 bits per heavy atom. The van der Waals surface area contributed by atoms with Crippen LogP contribution in [0, 0.1) is 27.7 Å². The Balaban J connectivity index is 0.000000138. The Labute approximate surface area is 312 Å². The van der Waals surface area contributed by atoms with Crippen molar-refractivity contribution in [2.24, 2.45) is 0 Å². The highest BCUT2D eigenvalue weighted by Gasteiger charge is 2.46. The zero-order valence-electron chi connectivity index (χ0n) is 33.2. The van der Waals surface area contributed by atoms with Gasteiger partial charge in [0.15, 0.2) is 0 Å². The fourth-order valence-electron chi connectivity index (χ4n) is 10.6. The zero-order valence-corrected chi connectivity index (χ0v) is 33.2. The summed E-state index contributed by atoms with van der Waals surface area (Å²) in [6, 6.07) is 37.5. The third kappa shape index (κ3) is 4.27. The molecule has 0 heterocycles. The van der Waals surface area contributed by atoms with Crippen molar-refractivity contribution in [3.05, 3.63) is 164 Å². The number of aryl methyl sites for hydroxylation is 4. The van der Waals surface area contributed by atoms with Gasteiger partial charge in [-0.15, -0.1) is 0 Å². The minimum absolute atomic E-state index is 0.0381. The standard InChI is InChI=1S/2C26H26/c1-15-7-9-17-19-13-24-20(14-23(19)25(3,4)21(17)11-15)18-10-8-16(2)12-22(18)26(24,5)6;1-15-7-9-17-19-11-12-20-18-10-8-16(2)14-22(18)26(5,6)24(20)23(19)25(3,4)21(17)13-15/h2*7-14H,1-6H3. The molecular formula is C52H52. The van der Waals surface area contributed by atoms with Gasteiger partial charge in [0.1, 0.15) is 0 Å². The van der Waals surface area contributed by atoms with Crippen LogP contribution in [0.5, 0.6) is 0 Å². The molecule has 6 aromatic rings. The minimum atomic E-state index is 0.0381. The van der Waals surface area contributed by atoms with E-state index in [1.165, 1.54) is 111 Å². The number of rotatable bonds is 0. The van der Waals surface area contributed by atoms with Gasteiger partial charge in [0, 0.05) is 21.7 Å². The van der Waals surface area contributed by atoms with Crippen LogP contribution in [0.2, 0.25) is 0 Å². The van der Waals surface area contributed by atoms with Gasteiger partial charge in [0.25, 0.3) is 0 Å². The number of benzene rings is 6. The van der Waals surface area contributed by atoms with Crippen molar-refractivity contribution in [2.75, 3.05) is 0 Å². The summed E-state index contributed by atoms with van der Waals surface area (Å²) in [5.41, 5.74) is 28.9. The van der Waals surface area contributed by atoms with Crippen molar-refractivity contribution in [3.8, 4) is 44.5 Å². The van der Waals surface area contributed by atoms with Crippen molar-refractivity contribution >= 4 is 0 Å². The van der Waals surface area contributed by atoms with Crippen LogP contribution in [0.3, 0.4) is 0 Å². The normalized spacial score (nSPS) is 17.5. The van der Waals surface area contributed by atoms with E-state index in [1.807, 2.05) is 0 Å². The van der Waals surface area contributed by atoms with E-state index >= 15 is 0 Å². The Kier molecular flexibility index (Phi) is 6.68. The molecule has 0 nitrogen and oxygen atoms in total. The number of hydrogen-bond donors (Lipinski definition) is 0. The first kappa shape index (κ1) is 33.2. The molecule has 10 rings (SSSR count). The van der Waals surface area contributed by atoms with E-state index in [2.05, 4.69) is 180 Å². The minimum Gasteiger partial charge on any atom is -0.0587 e. The molecule has 260 valence electrons. The van der Waals surface area contributed by atoms with Gasteiger partial charge < -0.3 is 0 Å². The average molecular weight is 677 g/mol. The van der Waals surface area contributed by atoms with Crippen LogP contribution in [-0.2, 0) is 21.7 Å². The molecule has 52 heavy (non-hydrogen) atoms. The van der Waals surface area contributed by atoms with Crippen molar-refractivity contribution in [2.45, 2.75) is 105 Å². The molecular weight excluding hydrogens is 625 g/mol. The lowest BCUT2D eigenvalue weighted by Crippen LogP contribution is -2.24. The lowest BCUT2D eigenvalue weighted by Gasteiger charge is -2.30. The molecule has 0 unspecified atom stereocenters. The second-order valence-electron chi connectivity index (χ2n) is 18.6. The summed E-state index contributed by atoms with van der Waals surface area (Å²) >= 11 is 0. The van der Waals surface area contributed by atoms with Crippen LogP contribution in [0.4, 0.5) is 0 Å². The highest BCUT2D eigenvalue weighted by atomic mass is 14.5. The fourth-order valence-corrected chi connectivity index (χ4v) is 10.6. The maximum Gasteiger partial charge on any atom is 0.0162 e. The molecule has 0 aliphatic heterocycles. The van der Waals surface area contributed by atoms with Crippen molar-refractivity contribution in [1.82, 2.24) is 0 Å². The molecule has 4 aliphatic rings. The molecule has 6 aromatic carbocycles. The third-order valence-corrected chi connectivity index (χ3v) is 13.5. The van der Waals surface area contributed by atoms with Gasteiger partial charge >= 0.3 is 0 Å². The summed E-state index contributed by atoms with van der Waals surface area (Å²) < 4.78 is 0. The maximum absolute atomic E-state index is 2.49. The van der Waals surface area contributed by atoms with Crippen LogP contribution in [0.15, 0.2) is 97.1 Å². The van der Waals surface area contributed by atoms with Crippen molar-refractivity contribution < 1.29 is 0 Å². The molecule has 0 bridgehead atoms. The third-order valence-electron chi connectivity index (χ3n) is 13.5. The van der Waals surface area contributed by atoms with Gasteiger partial charge in [-0.25, -0.2) is 0 Å². The van der Waals surface area contributed by atoms with E-state index in [1.54, 1.807) is 0 Å². The molecule has 0 heteroatoms. The summed E-state index contributed by atoms with van der Waals surface area (Å²) in [7, 11) is 0. The smallest absolute Gasteiger partial charge is 0.0162 e. The van der Waals surface area contributed by atoms with Gasteiger partial charge in [-0.1, -0.05) is 163 Å². The zero-order chi connectivity index (χ0) is 36.9. The first-order valence-corrected chi connectivity index (χ1v) is 19.3. The van der Waals surface area contributed by atoms with E-state index in [0.29, 0.717) is 0 Å². The Bertz CT molecular complexity index is 2350. The van der Waals surface area contributed by atoms with Gasteiger partial charge in [0.2, 0.25) is 0 Å². The largest absolute Gasteiger partial charge is 0.0587 e. The topological polar surface area (TPSA) is 0 Å². The van der Waals surface area contributed by atoms with Crippen LogP contribution >= 0.6 is 0 Å². The summed E-state index contributed by atoms with van der Waals surface area (Å²) in [5.74, 6) is 0. The Hall–Kier alpha value is -4.68. The molecule has 0 radical (unpaired) electrons. The van der Waals surface area contributed by atoms with E-state index in [4.69, 9.17) is 0 Å². The van der Waals surface area contributed by atoms with Crippen molar-refractivity contribution in [1.29, 1.82) is 0 Å². The first-order chi connectivity index (χ1) is 24.4. The second kappa shape index (κ2) is 10.5. The van der Waals surface area contributed by atoms with Crippen LogP contribution < -0.4 is 0 Å². The maximum atomic E-state index is 2.49. The monoisotopic (exact) mass is 676 g/mol.